The van der Waals surface area contributed by atoms with Crippen LogP contribution >= 0.6 is 0 Å². The van der Waals surface area contributed by atoms with Crippen molar-refractivity contribution in [3.63, 3.8) is 0 Å². The number of rotatable bonds is 4. The van der Waals surface area contributed by atoms with Crippen molar-refractivity contribution in [1.29, 1.82) is 0 Å². The average Bonchev–Trinajstić information content (AvgIpc) is 2.84. The van der Waals surface area contributed by atoms with Gasteiger partial charge in [0.2, 0.25) is 0 Å². The van der Waals surface area contributed by atoms with Gasteiger partial charge in [0.05, 0.1) is 18.9 Å². The zero-order valence-electron chi connectivity index (χ0n) is 19.0. The standard InChI is InChI=1S/C19H18N2.C8H17NO/c1-13-20-12-15-11-18(14-7-3-2-4-8-14)16-9-5-6-10-17(16)19(15)21-13;1-2-3-4-9-5-7-10-8-6-9/h3,5-10,12,18H,2,4,11H2,1H3;2-8H2,1H3. The second-order valence-corrected chi connectivity index (χ2v) is 8.63. The lowest BCUT2D eigenvalue weighted by atomic mass is 9.76. The lowest BCUT2D eigenvalue weighted by Crippen LogP contribution is -2.36. The van der Waals surface area contributed by atoms with E-state index in [1.54, 1.807) is 0 Å². The van der Waals surface area contributed by atoms with Gasteiger partial charge in [0.15, 0.2) is 0 Å². The van der Waals surface area contributed by atoms with E-state index < -0.39 is 0 Å². The Morgan fingerprint density at radius 3 is 2.74 bits per heavy atom. The number of fused-ring (bicyclic) bond motifs is 3. The molecule has 2 heterocycles. The minimum atomic E-state index is 0.441. The van der Waals surface area contributed by atoms with Gasteiger partial charge in [-0.1, -0.05) is 55.8 Å². The molecule has 0 N–H and O–H groups in total. The Kier molecular flexibility index (Phi) is 7.66. The fraction of sp³-hybridized carbons (Fsp3) is 0.481. The predicted molar refractivity (Wildman–Crippen MR) is 127 cm³/mol. The van der Waals surface area contributed by atoms with Gasteiger partial charge in [-0.05, 0) is 55.9 Å². The van der Waals surface area contributed by atoms with Crippen molar-refractivity contribution in [2.45, 2.75) is 51.9 Å². The number of aryl methyl sites for hydroxylation is 1. The van der Waals surface area contributed by atoms with Crippen LogP contribution in [0.2, 0.25) is 0 Å². The number of aromatic nitrogens is 2. The Hall–Kier alpha value is -2.30. The Morgan fingerprint density at radius 2 is 1.97 bits per heavy atom. The summed E-state index contributed by atoms with van der Waals surface area (Å²) in [6, 6.07) is 8.69. The summed E-state index contributed by atoms with van der Waals surface area (Å²) in [5.74, 6) is 1.29. The van der Waals surface area contributed by atoms with Gasteiger partial charge >= 0.3 is 0 Å². The Bertz CT molecular complexity index is 928. The first-order valence-electron chi connectivity index (χ1n) is 11.8. The summed E-state index contributed by atoms with van der Waals surface area (Å²) in [7, 11) is 0. The van der Waals surface area contributed by atoms with Crippen LogP contribution in [0, 0.1) is 6.92 Å². The quantitative estimate of drug-likeness (QED) is 0.660. The minimum Gasteiger partial charge on any atom is -0.379 e. The van der Waals surface area contributed by atoms with E-state index in [9.17, 15) is 0 Å². The van der Waals surface area contributed by atoms with Crippen molar-refractivity contribution >= 4 is 0 Å². The lowest BCUT2D eigenvalue weighted by Gasteiger charge is -2.28. The molecule has 1 aromatic carbocycles. The molecule has 1 atom stereocenters. The zero-order chi connectivity index (χ0) is 21.5. The molecule has 0 bridgehead atoms. The van der Waals surface area contributed by atoms with Gasteiger partial charge in [-0.2, -0.15) is 0 Å². The zero-order valence-corrected chi connectivity index (χ0v) is 19.0. The summed E-state index contributed by atoms with van der Waals surface area (Å²) in [5, 5.41) is 0. The van der Waals surface area contributed by atoms with E-state index in [4.69, 9.17) is 4.74 Å². The van der Waals surface area contributed by atoms with Crippen LogP contribution in [0.4, 0.5) is 0 Å². The Labute approximate surface area is 187 Å². The highest BCUT2D eigenvalue weighted by Crippen LogP contribution is 2.42. The Morgan fingerprint density at radius 1 is 1.13 bits per heavy atom. The molecule has 3 aliphatic rings. The normalized spacial score (nSPS) is 20.2. The molecule has 1 fully saturated rings. The number of nitrogens with zero attached hydrogens (tertiary/aromatic N) is 3. The van der Waals surface area contributed by atoms with Crippen molar-refractivity contribution in [3.05, 3.63) is 71.2 Å². The minimum absolute atomic E-state index is 0.441. The van der Waals surface area contributed by atoms with Crippen molar-refractivity contribution in [3.8, 4) is 11.3 Å². The number of hydrogen-bond acceptors (Lipinski definition) is 4. The molecule has 164 valence electrons. The van der Waals surface area contributed by atoms with E-state index in [2.05, 4.69) is 64.3 Å². The van der Waals surface area contributed by atoms with Gasteiger partial charge in [-0.3, -0.25) is 4.90 Å². The maximum atomic E-state index is 5.24. The number of ether oxygens (including phenoxy) is 1. The fourth-order valence-corrected chi connectivity index (χ4v) is 4.62. The summed E-state index contributed by atoms with van der Waals surface area (Å²) in [6.07, 6.45) is 14.9. The van der Waals surface area contributed by atoms with E-state index in [1.165, 1.54) is 41.6 Å². The summed E-state index contributed by atoms with van der Waals surface area (Å²) < 4.78 is 5.24. The first-order valence-corrected chi connectivity index (χ1v) is 11.8. The van der Waals surface area contributed by atoms with Crippen molar-refractivity contribution in [2.24, 2.45) is 0 Å². The van der Waals surface area contributed by atoms with Gasteiger partial charge in [-0.15, -0.1) is 0 Å². The molecule has 1 saturated heterocycles. The van der Waals surface area contributed by atoms with E-state index in [1.807, 2.05) is 13.1 Å². The number of allylic oxidation sites excluding steroid dienone is 4. The molecular weight excluding hydrogens is 382 g/mol. The largest absolute Gasteiger partial charge is 0.379 e. The van der Waals surface area contributed by atoms with Crippen LogP contribution in [-0.2, 0) is 11.2 Å². The van der Waals surface area contributed by atoms with Crippen LogP contribution in [0.15, 0.2) is 54.3 Å². The number of morpholine rings is 1. The van der Waals surface area contributed by atoms with Crippen LogP contribution in [0.25, 0.3) is 11.3 Å². The summed E-state index contributed by atoms with van der Waals surface area (Å²) in [5.41, 5.74) is 6.51. The van der Waals surface area contributed by atoms with Gasteiger partial charge < -0.3 is 4.74 Å². The number of unbranched alkanes of at least 4 members (excludes halogenated alkanes) is 1. The third-order valence-electron chi connectivity index (χ3n) is 6.36. The van der Waals surface area contributed by atoms with E-state index >= 15 is 0 Å². The summed E-state index contributed by atoms with van der Waals surface area (Å²) >= 11 is 0. The average molecular weight is 418 g/mol. The van der Waals surface area contributed by atoms with Gasteiger partial charge in [-0.25, -0.2) is 9.97 Å². The second kappa shape index (κ2) is 10.8. The third-order valence-corrected chi connectivity index (χ3v) is 6.36. The molecule has 0 saturated carbocycles. The molecule has 5 rings (SSSR count). The monoisotopic (exact) mass is 417 g/mol. The van der Waals surface area contributed by atoms with Gasteiger partial charge in [0, 0.05) is 30.8 Å². The maximum Gasteiger partial charge on any atom is 0.125 e. The molecular formula is C27H35N3O. The fourth-order valence-electron chi connectivity index (χ4n) is 4.62. The molecule has 2 aliphatic carbocycles. The highest BCUT2D eigenvalue weighted by atomic mass is 16.5. The van der Waals surface area contributed by atoms with Gasteiger partial charge in [0.25, 0.3) is 0 Å². The topological polar surface area (TPSA) is 38.2 Å². The predicted octanol–water partition coefficient (Wildman–Crippen LogP) is 5.49. The van der Waals surface area contributed by atoms with E-state index in [0.29, 0.717) is 5.92 Å². The van der Waals surface area contributed by atoms with Crippen LogP contribution in [0.1, 0.15) is 55.5 Å². The molecule has 1 aliphatic heterocycles. The van der Waals surface area contributed by atoms with Crippen LogP contribution < -0.4 is 0 Å². The molecule has 1 aromatic heterocycles. The molecule has 0 radical (unpaired) electrons. The Balaban J connectivity index is 0.000000196. The van der Waals surface area contributed by atoms with Crippen LogP contribution in [-0.4, -0.2) is 47.7 Å². The van der Waals surface area contributed by atoms with Gasteiger partial charge in [0.1, 0.15) is 5.82 Å². The molecule has 4 nitrogen and oxygen atoms in total. The molecule has 4 heteroatoms. The lowest BCUT2D eigenvalue weighted by molar-refractivity contribution is 0.0373. The molecule has 1 unspecified atom stereocenters. The van der Waals surface area contributed by atoms with E-state index in [0.717, 1.165) is 57.1 Å². The van der Waals surface area contributed by atoms with Crippen molar-refractivity contribution in [2.75, 3.05) is 32.8 Å². The highest BCUT2D eigenvalue weighted by molar-refractivity contribution is 5.71. The number of benzene rings is 1. The second-order valence-electron chi connectivity index (χ2n) is 8.63. The van der Waals surface area contributed by atoms with Crippen LogP contribution in [0.5, 0.6) is 0 Å². The number of hydrogen-bond donors (Lipinski definition) is 0. The van der Waals surface area contributed by atoms with E-state index in [-0.39, 0.29) is 0 Å². The SMILES string of the molecule is CCCCN1CCOCC1.Cc1ncc2c(n1)-c1ccccc1C(C1=CCCC=C1)C2. The first kappa shape index (κ1) is 21.9. The summed E-state index contributed by atoms with van der Waals surface area (Å²) in [6.45, 7) is 9.61. The maximum absolute atomic E-state index is 5.24. The molecule has 0 amide bonds. The molecule has 31 heavy (non-hydrogen) atoms. The highest BCUT2D eigenvalue weighted by Gasteiger charge is 2.27. The van der Waals surface area contributed by atoms with Crippen molar-refractivity contribution in [1.82, 2.24) is 14.9 Å². The summed E-state index contributed by atoms with van der Waals surface area (Å²) in [4.78, 5) is 11.6. The van der Waals surface area contributed by atoms with Crippen molar-refractivity contribution < 1.29 is 4.74 Å². The smallest absolute Gasteiger partial charge is 0.125 e. The molecule has 2 aromatic rings. The van der Waals surface area contributed by atoms with Crippen LogP contribution in [0.3, 0.4) is 0 Å². The third kappa shape index (κ3) is 5.50. The molecule has 0 spiro atoms. The first-order chi connectivity index (χ1) is 15.3.